The Morgan fingerprint density at radius 1 is 0.625 bits per heavy atom. The van der Waals surface area contributed by atoms with Gasteiger partial charge in [0.1, 0.15) is 0 Å². The summed E-state index contributed by atoms with van der Waals surface area (Å²) < 4.78 is 8.03. The Morgan fingerprint density at radius 3 is 1.19 bits per heavy atom. The Balaban J connectivity index is 4.30. The first-order valence-corrected chi connectivity index (χ1v) is 9.92. The fourth-order valence-electron chi connectivity index (χ4n) is 1.67. The van der Waals surface area contributed by atoms with Gasteiger partial charge in [-0.05, 0) is 0 Å². The quantitative estimate of drug-likeness (QED) is 0.419. The van der Waals surface area contributed by atoms with Crippen LogP contribution in [0.15, 0.2) is 0 Å². The molecule has 0 N–H and O–H groups in total. The minimum atomic E-state index is -0.978. The van der Waals surface area contributed by atoms with Crippen molar-refractivity contribution in [1.82, 2.24) is 0 Å². The van der Waals surface area contributed by atoms with E-state index in [9.17, 15) is 0 Å². The summed E-state index contributed by atoms with van der Waals surface area (Å²) in [6, 6.07) is 0. The molecule has 0 amide bonds. The molecule has 0 aromatic carbocycles. The van der Waals surface area contributed by atoms with Gasteiger partial charge < -0.3 is 0 Å². The van der Waals surface area contributed by atoms with Crippen molar-refractivity contribution in [2.45, 2.75) is 78.6 Å². The van der Waals surface area contributed by atoms with E-state index in [0.29, 0.717) is 0 Å². The van der Waals surface area contributed by atoms with Gasteiger partial charge in [-0.25, -0.2) is 0 Å². The second-order valence-corrected chi connectivity index (χ2v) is 8.01. The molecule has 0 nitrogen and oxygen atoms in total. The summed E-state index contributed by atoms with van der Waals surface area (Å²) in [5.74, 6) is 0. The van der Waals surface area contributed by atoms with E-state index in [1.807, 2.05) is 0 Å². The summed E-state index contributed by atoms with van der Waals surface area (Å²) in [7, 11) is 0. The van der Waals surface area contributed by atoms with Gasteiger partial charge in [-0.15, -0.1) is 0 Å². The molecule has 0 bridgehead atoms. The van der Waals surface area contributed by atoms with Crippen molar-refractivity contribution in [3.8, 4) is 0 Å². The first-order chi connectivity index (χ1) is 7.85. The van der Waals surface area contributed by atoms with Crippen LogP contribution in [0, 0.1) is 0 Å². The van der Waals surface area contributed by atoms with Crippen LogP contribution in [0.3, 0.4) is 0 Å². The molecular formula is C15H30Ti. The van der Waals surface area contributed by atoms with Gasteiger partial charge in [-0.2, -0.15) is 0 Å². The first-order valence-electron chi connectivity index (χ1n) is 7.21. The zero-order chi connectivity index (χ0) is 12.1. The van der Waals surface area contributed by atoms with Gasteiger partial charge in [-0.3, -0.25) is 0 Å². The third-order valence-electron chi connectivity index (χ3n) is 2.81. The predicted octanol–water partition coefficient (Wildman–Crippen LogP) is 4.58. The summed E-state index contributed by atoms with van der Waals surface area (Å²) in [6.45, 7) is 6.86. The van der Waals surface area contributed by atoms with E-state index in [1.165, 1.54) is 57.8 Å². The Labute approximate surface area is 108 Å². The van der Waals surface area contributed by atoms with Crippen LogP contribution in [-0.4, -0.2) is 12.9 Å². The summed E-state index contributed by atoms with van der Waals surface area (Å²) in [6.07, 6.45) is 12.3. The van der Waals surface area contributed by atoms with Crippen LogP contribution >= 0.6 is 0 Å². The van der Waals surface area contributed by atoms with Crippen molar-refractivity contribution >= 4 is 12.9 Å². The van der Waals surface area contributed by atoms with Gasteiger partial charge in [0.25, 0.3) is 0 Å². The van der Waals surface area contributed by atoms with E-state index >= 15 is 0 Å². The molecule has 0 atom stereocenters. The van der Waals surface area contributed by atoms with Gasteiger partial charge in [-0.1, -0.05) is 0 Å². The van der Waals surface area contributed by atoms with Crippen molar-refractivity contribution in [3.05, 3.63) is 0 Å². The fraction of sp³-hybridized carbons (Fsp3) is 0.800. The Bertz CT molecular complexity index is 222. The molecule has 0 aliphatic carbocycles. The number of unbranched alkanes of at least 4 members (excludes halogenated alkanes) is 6. The molecule has 0 saturated carbocycles. The molecule has 0 aliphatic heterocycles. The van der Waals surface area contributed by atoms with Crippen molar-refractivity contribution < 1.29 is 16.5 Å². The molecule has 0 heterocycles. The summed E-state index contributed by atoms with van der Waals surface area (Å²) in [5, 5.41) is 0. The molecule has 0 saturated heterocycles. The number of hydrogen-bond acceptors (Lipinski definition) is 0. The van der Waals surface area contributed by atoms with E-state index in [-0.39, 0.29) is 0 Å². The first kappa shape index (κ1) is 16.3. The Morgan fingerprint density at radius 2 is 0.938 bits per heavy atom. The molecule has 0 aromatic heterocycles. The molecule has 0 aliphatic rings. The van der Waals surface area contributed by atoms with Crippen molar-refractivity contribution in [1.29, 1.82) is 0 Å². The van der Waals surface area contributed by atoms with Crippen LogP contribution in [0.1, 0.15) is 78.6 Å². The Kier molecular flexibility index (Phi) is 13.7. The van der Waals surface area contributed by atoms with Gasteiger partial charge in [0.05, 0.1) is 0 Å². The third-order valence-corrected chi connectivity index (χ3v) is 6.37. The van der Waals surface area contributed by atoms with Crippen molar-refractivity contribution in [2.24, 2.45) is 0 Å². The fourth-order valence-corrected chi connectivity index (χ4v) is 4.97. The summed E-state index contributed by atoms with van der Waals surface area (Å²) in [5.41, 5.74) is 0. The summed E-state index contributed by atoms with van der Waals surface area (Å²) >= 11 is -0.978. The van der Waals surface area contributed by atoms with Crippen LogP contribution in [0.25, 0.3) is 0 Å². The summed E-state index contributed by atoms with van der Waals surface area (Å²) in [4.78, 5) is 0. The average molecular weight is 258 g/mol. The molecule has 0 fully saturated rings. The SMILES string of the molecule is CCCC[CH]=[Ti](=[CH]CCCC)=[CH]CCCC. The zero-order valence-electron chi connectivity index (χ0n) is 11.6. The average Bonchev–Trinajstić information content (AvgIpc) is 2.29. The minimum absolute atomic E-state index is 0.978. The number of hydrogen-bond donors (Lipinski definition) is 0. The molecule has 1 heteroatoms. The van der Waals surface area contributed by atoms with E-state index in [2.05, 4.69) is 33.7 Å². The Hall–Kier alpha value is 0.324. The van der Waals surface area contributed by atoms with Crippen LogP contribution in [0.4, 0.5) is 0 Å². The standard InChI is InChI=1S/3C5H10.Ti/c3*1-3-5-4-2;/h3*1H,3-5H2,2H3;. The van der Waals surface area contributed by atoms with Crippen LogP contribution in [-0.2, 0) is 16.5 Å². The molecule has 16 heavy (non-hydrogen) atoms. The van der Waals surface area contributed by atoms with Crippen molar-refractivity contribution in [2.75, 3.05) is 0 Å². The van der Waals surface area contributed by atoms with Crippen molar-refractivity contribution in [3.63, 3.8) is 0 Å². The molecule has 94 valence electrons. The van der Waals surface area contributed by atoms with Gasteiger partial charge in [0.2, 0.25) is 0 Å². The molecule has 0 radical (unpaired) electrons. The van der Waals surface area contributed by atoms with Gasteiger partial charge >= 0.3 is 108 Å². The molecular weight excluding hydrogens is 228 g/mol. The van der Waals surface area contributed by atoms with Crippen LogP contribution in [0.2, 0.25) is 0 Å². The van der Waals surface area contributed by atoms with Crippen LogP contribution < -0.4 is 0 Å². The molecule has 0 unspecified atom stereocenters. The van der Waals surface area contributed by atoms with Gasteiger partial charge in [0, 0.05) is 0 Å². The van der Waals surface area contributed by atoms with E-state index in [4.69, 9.17) is 0 Å². The topological polar surface area (TPSA) is 0 Å². The van der Waals surface area contributed by atoms with E-state index < -0.39 is 16.5 Å². The second kappa shape index (κ2) is 13.4. The maximum absolute atomic E-state index is 2.68. The van der Waals surface area contributed by atoms with E-state index in [1.54, 1.807) is 0 Å². The monoisotopic (exact) mass is 258 g/mol. The van der Waals surface area contributed by atoms with Gasteiger partial charge in [0.15, 0.2) is 0 Å². The van der Waals surface area contributed by atoms with E-state index in [0.717, 1.165) is 0 Å². The zero-order valence-corrected chi connectivity index (χ0v) is 13.2. The normalized spacial score (nSPS) is 9.38. The van der Waals surface area contributed by atoms with Crippen LogP contribution in [0.5, 0.6) is 0 Å². The maximum atomic E-state index is 2.68. The molecule has 0 spiro atoms. The third kappa shape index (κ3) is 10.8. The molecule has 0 aromatic rings. The second-order valence-electron chi connectivity index (χ2n) is 4.54. The predicted molar refractivity (Wildman–Crippen MR) is 76.8 cm³/mol. The molecule has 0 rings (SSSR count). The number of rotatable bonds is 9.